The predicted molar refractivity (Wildman–Crippen MR) is 112 cm³/mol. The number of nitrogens with one attached hydrogen (secondary N) is 2. The summed E-state index contributed by atoms with van der Waals surface area (Å²) >= 11 is 12.1. The molecule has 0 amide bonds. The molecule has 2 heterocycles. The van der Waals surface area contributed by atoms with Gasteiger partial charge in [0.1, 0.15) is 5.69 Å². The fraction of sp³-hybridized carbons (Fsp3) is 0.158. The molecule has 0 aliphatic rings. The summed E-state index contributed by atoms with van der Waals surface area (Å²) in [6.07, 6.45) is 2.83. The van der Waals surface area contributed by atoms with Crippen molar-refractivity contribution < 1.29 is 0 Å². The number of nitrogen functional groups attached to an aromatic ring is 1. The molecule has 0 radical (unpaired) electrons. The Bertz CT molecular complexity index is 1230. The second kappa shape index (κ2) is 6.79. The first-order chi connectivity index (χ1) is 13.0. The molecule has 2 aromatic carbocycles. The van der Waals surface area contributed by atoms with Gasteiger partial charge in [0.25, 0.3) is 5.56 Å². The van der Waals surface area contributed by atoms with Gasteiger partial charge in [0.15, 0.2) is 0 Å². The third-order valence-corrected chi connectivity index (χ3v) is 5.07. The fourth-order valence-corrected chi connectivity index (χ4v) is 3.39. The molecule has 2 aromatic heterocycles. The molecule has 6 nitrogen and oxygen atoms in total. The minimum absolute atomic E-state index is 0.300. The van der Waals surface area contributed by atoms with Crippen molar-refractivity contribution in [3.05, 3.63) is 56.9 Å². The van der Waals surface area contributed by atoms with Gasteiger partial charge in [0, 0.05) is 29.4 Å². The van der Waals surface area contributed by atoms with E-state index in [0.717, 1.165) is 23.9 Å². The molecule has 0 bridgehead atoms. The highest BCUT2D eigenvalue weighted by Crippen LogP contribution is 2.31. The number of benzene rings is 2. The number of nitrogens with zero attached hydrogens (tertiary/aromatic N) is 2. The van der Waals surface area contributed by atoms with Crippen molar-refractivity contribution in [3.63, 3.8) is 0 Å². The van der Waals surface area contributed by atoms with E-state index in [0.29, 0.717) is 38.0 Å². The number of hydrogen-bond donors (Lipinski definition) is 3. The molecule has 4 aromatic rings. The molecule has 0 atom stereocenters. The lowest BCUT2D eigenvalue weighted by Crippen LogP contribution is -2.14. The summed E-state index contributed by atoms with van der Waals surface area (Å²) in [5.74, 6) is 0. The molecule has 0 aliphatic heterocycles. The number of anilines is 1. The first-order valence-electron chi connectivity index (χ1n) is 8.52. The summed E-state index contributed by atoms with van der Waals surface area (Å²) in [6, 6.07) is 8.83. The van der Waals surface area contributed by atoms with Gasteiger partial charge in [-0.25, -0.2) is 4.98 Å². The Kier molecular flexibility index (Phi) is 4.45. The number of H-pyrrole nitrogens is 1. The Labute approximate surface area is 164 Å². The quantitative estimate of drug-likeness (QED) is 0.442. The average molecular weight is 402 g/mol. The van der Waals surface area contributed by atoms with E-state index < -0.39 is 0 Å². The predicted octanol–water partition coefficient (Wildman–Crippen LogP) is 4.39. The van der Waals surface area contributed by atoms with Crippen LogP contribution in [0.2, 0.25) is 10.0 Å². The Morgan fingerprint density at radius 1 is 1.22 bits per heavy atom. The molecule has 0 saturated carbocycles. The first-order valence-corrected chi connectivity index (χ1v) is 9.27. The van der Waals surface area contributed by atoms with E-state index in [9.17, 15) is 4.79 Å². The molecular weight excluding hydrogens is 385 g/mol. The molecule has 0 spiro atoms. The Balaban J connectivity index is 1.98. The van der Waals surface area contributed by atoms with Gasteiger partial charge in [-0.15, -0.1) is 0 Å². The van der Waals surface area contributed by atoms with Crippen molar-refractivity contribution in [1.29, 1.82) is 0 Å². The van der Waals surface area contributed by atoms with E-state index in [1.165, 1.54) is 0 Å². The SMILES string of the molecule is CCCNn1cc(-c2nc3cc(Cl)c(Cl)cc3[nH]c2=O)c2cc(N)ccc21. The molecule has 27 heavy (non-hydrogen) atoms. The summed E-state index contributed by atoms with van der Waals surface area (Å²) in [5.41, 5.74) is 12.6. The molecule has 0 saturated heterocycles. The smallest absolute Gasteiger partial charge is 0.275 e. The third-order valence-electron chi connectivity index (χ3n) is 4.35. The third kappa shape index (κ3) is 3.11. The summed E-state index contributed by atoms with van der Waals surface area (Å²) in [6.45, 7) is 2.88. The summed E-state index contributed by atoms with van der Waals surface area (Å²) in [7, 11) is 0. The van der Waals surface area contributed by atoms with E-state index >= 15 is 0 Å². The van der Waals surface area contributed by atoms with Gasteiger partial charge < -0.3 is 16.1 Å². The topological polar surface area (TPSA) is 88.7 Å². The van der Waals surface area contributed by atoms with Gasteiger partial charge in [-0.3, -0.25) is 9.47 Å². The lowest BCUT2D eigenvalue weighted by atomic mass is 10.1. The van der Waals surface area contributed by atoms with Crippen molar-refractivity contribution in [2.45, 2.75) is 13.3 Å². The Hall–Kier alpha value is -2.70. The molecule has 4 rings (SSSR count). The average Bonchev–Trinajstić information content (AvgIpc) is 2.98. The highest BCUT2D eigenvalue weighted by molar-refractivity contribution is 6.42. The minimum atomic E-state index is -0.308. The van der Waals surface area contributed by atoms with Crippen LogP contribution in [0, 0.1) is 0 Å². The maximum atomic E-state index is 12.7. The van der Waals surface area contributed by atoms with Crippen LogP contribution >= 0.6 is 23.2 Å². The largest absolute Gasteiger partial charge is 0.399 e. The van der Waals surface area contributed by atoms with Crippen LogP contribution in [0.1, 0.15) is 13.3 Å². The summed E-state index contributed by atoms with van der Waals surface area (Å²) in [4.78, 5) is 20.1. The van der Waals surface area contributed by atoms with Gasteiger partial charge >= 0.3 is 0 Å². The molecule has 8 heteroatoms. The molecule has 0 aliphatic carbocycles. The van der Waals surface area contributed by atoms with Crippen molar-refractivity contribution >= 4 is 50.8 Å². The highest BCUT2D eigenvalue weighted by atomic mass is 35.5. The number of aromatic amines is 1. The maximum Gasteiger partial charge on any atom is 0.275 e. The second-order valence-electron chi connectivity index (χ2n) is 6.30. The summed E-state index contributed by atoms with van der Waals surface area (Å²) in [5, 5.41) is 1.59. The fourth-order valence-electron chi connectivity index (χ4n) is 3.06. The van der Waals surface area contributed by atoms with Crippen molar-refractivity contribution in [2.24, 2.45) is 0 Å². The van der Waals surface area contributed by atoms with Crippen molar-refractivity contribution in [1.82, 2.24) is 14.6 Å². The van der Waals surface area contributed by atoms with Crippen molar-refractivity contribution in [3.8, 4) is 11.3 Å². The number of nitrogens with two attached hydrogens (primary N) is 1. The molecular formula is C19H17Cl2N5O. The van der Waals surface area contributed by atoms with Crippen LogP contribution in [0.4, 0.5) is 5.69 Å². The van der Waals surface area contributed by atoms with Gasteiger partial charge in [0.05, 0.1) is 26.6 Å². The standard InChI is InChI=1S/C19H17Cl2N5O/c1-2-5-23-26-9-12(11-6-10(22)3-4-17(11)26)18-19(27)25-16-8-14(21)13(20)7-15(16)24-18/h3-4,6-9,23H,2,5,22H2,1H3,(H,25,27). The number of fused-ring (bicyclic) bond motifs is 2. The lowest BCUT2D eigenvalue weighted by molar-refractivity contribution is 0.832. The number of hydrogen-bond acceptors (Lipinski definition) is 4. The van der Waals surface area contributed by atoms with Crippen LogP contribution < -0.4 is 16.7 Å². The van der Waals surface area contributed by atoms with Crippen LogP contribution in [0.5, 0.6) is 0 Å². The normalized spacial score (nSPS) is 11.4. The van der Waals surface area contributed by atoms with Crippen LogP contribution in [-0.2, 0) is 0 Å². The second-order valence-corrected chi connectivity index (χ2v) is 7.11. The van der Waals surface area contributed by atoms with Crippen LogP contribution in [0.25, 0.3) is 33.2 Å². The zero-order chi connectivity index (χ0) is 19.1. The molecule has 4 N–H and O–H groups in total. The van der Waals surface area contributed by atoms with E-state index in [4.69, 9.17) is 28.9 Å². The van der Waals surface area contributed by atoms with Gasteiger partial charge in [-0.2, -0.15) is 0 Å². The number of halogens is 2. The highest BCUT2D eigenvalue weighted by Gasteiger charge is 2.16. The van der Waals surface area contributed by atoms with Gasteiger partial charge in [-0.1, -0.05) is 30.1 Å². The molecule has 0 fully saturated rings. The van der Waals surface area contributed by atoms with Crippen LogP contribution in [0.3, 0.4) is 0 Å². The monoisotopic (exact) mass is 401 g/mol. The van der Waals surface area contributed by atoms with Crippen LogP contribution in [0.15, 0.2) is 41.3 Å². The zero-order valence-electron chi connectivity index (χ0n) is 14.5. The van der Waals surface area contributed by atoms with E-state index in [-0.39, 0.29) is 5.56 Å². The zero-order valence-corrected chi connectivity index (χ0v) is 16.0. The minimum Gasteiger partial charge on any atom is -0.399 e. The summed E-state index contributed by atoms with van der Waals surface area (Å²) < 4.78 is 1.90. The number of rotatable bonds is 4. The van der Waals surface area contributed by atoms with E-state index in [2.05, 4.69) is 22.3 Å². The number of aromatic nitrogens is 3. The van der Waals surface area contributed by atoms with Crippen LogP contribution in [-0.4, -0.2) is 21.2 Å². The lowest BCUT2D eigenvalue weighted by Gasteiger charge is -2.07. The van der Waals surface area contributed by atoms with E-state index in [1.807, 2.05) is 29.1 Å². The molecule has 0 unspecified atom stereocenters. The Morgan fingerprint density at radius 2 is 2.00 bits per heavy atom. The van der Waals surface area contributed by atoms with Gasteiger partial charge in [0.2, 0.25) is 0 Å². The molecule has 138 valence electrons. The first kappa shape index (κ1) is 17.7. The maximum absolute atomic E-state index is 12.7. The van der Waals surface area contributed by atoms with Crippen molar-refractivity contribution in [2.75, 3.05) is 17.7 Å². The van der Waals surface area contributed by atoms with Gasteiger partial charge in [-0.05, 0) is 36.8 Å². The Morgan fingerprint density at radius 3 is 2.78 bits per heavy atom. The van der Waals surface area contributed by atoms with E-state index in [1.54, 1.807) is 12.1 Å².